The van der Waals surface area contributed by atoms with Crippen LogP contribution >= 0.6 is 23.5 Å². The molecule has 1 aliphatic heterocycles. The number of aromatic amines is 1. The van der Waals surface area contributed by atoms with Gasteiger partial charge in [0, 0.05) is 29.8 Å². The highest BCUT2D eigenvalue weighted by atomic mass is 32.2. The van der Waals surface area contributed by atoms with Gasteiger partial charge >= 0.3 is 5.69 Å². The number of nitrogens with one attached hydrogen (secondary N) is 2. The largest absolute Gasteiger partial charge is 0.326 e. The molecule has 7 heteroatoms. The minimum atomic E-state index is -0.188. The van der Waals surface area contributed by atoms with Crippen LogP contribution in [0.2, 0.25) is 0 Å². The monoisotopic (exact) mass is 371 g/mol. The average molecular weight is 371 g/mol. The normalized spacial score (nSPS) is 14.9. The number of benzene rings is 2. The van der Waals surface area contributed by atoms with E-state index in [1.807, 2.05) is 41.7 Å². The van der Waals surface area contributed by atoms with Crippen LogP contribution in [0.5, 0.6) is 0 Å². The molecular weight excluding hydrogens is 354 g/mol. The van der Waals surface area contributed by atoms with Crippen molar-refractivity contribution in [2.75, 3.05) is 16.8 Å². The maximum absolute atomic E-state index is 12.6. The molecular formula is C18H17N3O2S2. The standard InChI is InChI=1S/C18H17N3O2S2/c1-21-15-6-5-11(10-14(15)20-18(21)23)16(22)19-13-4-2-3-12(9-13)17-24-7-8-25-17/h2-6,9-10,17H,7-8H2,1H3,(H,19,22)(H,20,23). The maximum Gasteiger partial charge on any atom is 0.326 e. The lowest BCUT2D eigenvalue weighted by Crippen LogP contribution is -2.12. The zero-order valence-corrected chi connectivity index (χ0v) is 15.2. The molecule has 0 spiro atoms. The Kier molecular flexibility index (Phi) is 4.35. The molecule has 4 rings (SSSR count). The molecule has 5 nitrogen and oxygen atoms in total. The molecule has 0 bridgehead atoms. The minimum Gasteiger partial charge on any atom is -0.322 e. The number of fused-ring (bicyclic) bond motifs is 1. The topological polar surface area (TPSA) is 66.9 Å². The van der Waals surface area contributed by atoms with Crippen molar-refractivity contribution in [2.45, 2.75) is 4.58 Å². The van der Waals surface area contributed by atoms with Gasteiger partial charge in [0.15, 0.2) is 0 Å². The van der Waals surface area contributed by atoms with Crippen LogP contribution in [0.1, 0.15) is 20.5 Å². The first kappa shape index (κ1) is 16.4. The van der Waals surface area contributed by atoms with E-state index in [1.165, 1.54) is 21.6 Å². The van der Waals surface area contributed by atoms with Crippen molar-refractivity contribution in [2.24, 2.45) is 7.05 Å². The summed E-state index contributed by atoms with van der Waals surface area (Å²) in [4.78, 5) is 27.0. The van der Waals surface area contributed by atoms with Crippen molar-refractivity contribution < 1.29 is 4.79 Å². The van der Waals surface area contributed by atoms with Crippen LogP contribution < -0.4 is 11.0 Å². The molecule has 1 fully saturated rings. The number of anilines is 1. The number of carbonyl (C=O) groups is 1. The molecule has 1 saturated heterocycles. The molecule has 3 aromatic rings. The molecule has 2 heterocycles. The second-order valence-corrected chi connectivity index (χ2v) is 8.60. The third-order valence-electron chi connectivity index (χ3n) is 4.20. The van der Waals surface area contributed by atoms with Crippen LogP contribution in [0.3, 0.4) is 0 Å². The first-order valence-corrected chi connectivity index (χ1v) is 10.0. The van der Waals surface area contributed by atoms with Gasteiger partial charge in [-0.1, -0.05) is 12.1 Å². The van der Waals surface area contributed by atoms with E-state index in [1.54, 1.807) is 25.2 Å². The van der Waals surface area contributed by atoms with E-state index in [2.05, 4.69) is 16.4 Å². The zero-order chi connectivity index (χ0) is 17.4. The van der Waals surface area contributed by atoms with Gasteiger partial charge in [-0.25, -0.2) is 4.79 Å². The molecule has 0 unspecified atom stereocenters. The number of thioether (sulfide) groups is 2. The van der Waals surface area contributed by atoms with Crippen molar-refractivity contribution in [3.05, 3.63) is 64.1 Å². The van der Waals surface area contributed by atoms with E-state index in [4.69, 9.17) is 0 Å². The first-order chi connectivity index (χ1) is 12.1. The lowest BCUT2D eigenvalue weighted by atomic mass is 10.1. The van der Waals surface area contributed by atoms with Crippen LogP contribution in [-0.4, -0.2) is 27.0 Å². The lowest BCUT2D eigenvalue weighted by Gasteiger charge is -2.11. The van der Waals surface area contributed by atoms with Crippen molar-refractivity contribution in [3.8, 4) is 0 Å². The average Bonchev–Trinajstić information content (AvgIpc) is 3.24. The summed E-state index contributed by atoms with van der Waals surface area (Å²) in [6.45, 7) is 0. The highest BCUT2D eigenvalue weighted by Gasteiger charge is 2.18. The summed E-state index contributed by atoms with van der Waals surface area (Å²) in [6.07, 6.45) is 0. The smallest absolute Gasteiger partial charge is 0.322 e. The van der Waals surface area contributed by atoms with Crippen molar-refractivity contribution in [1.29, 1.82) is 0 Å². The van der Waals surface area contributed by atoms with E-state index >= 15 is 0 Å². The number of amides is 1. The molecule has 1 aromatic heterocycles. The number of hydrogen-bond donors (Lipinski definition) is 2. The number of nitrogens with zero attached hydrogens (tertiary/aromatic N) is 1. The molecule has 2 N–H and O–H groups in total. The third-order valence-corrected chi connectivity index (χ3v) is 7.31. The van der Waals surface area contributed by atoms with Crippen LogP contribution in [0.4, 0.5) is 5.69 Å². The van der Waals surface area contributed by atoms with Gasteiger partial charge in [-0.15, -0.1) is 23.5 Å². The van der Waals surface area contributed by atoms with Gasteiger partial charge in [0.2, 0.25) is 0 Å². The number of rotatable bonds is 3. The van der Waals surface area contributed by atoms with Gasteiger partial charge in [0.25, 0.3) is 5.91 Å². The number of imidazole rings is 1. The van der Waals surface area contributed by atoms with E-state index in [-0.39, 0.29) is 11.6 Å². The van der Waals surface area contributed by atoms with Gasteiger partial charge < -0.3 is 10.3 Å². The number of hydrogen-bond acceptors (Lipinski definition) is 4. The lowest BCUT2D eigenvalue weighted by molar-refractivity contribution is 0.102. The zero-order valence-electron chi connectivity index (χ0n) is 13.6. The minimum absolute atomic E-state index is 0.185. The van der Waals surface area contributed by atoms with E-state index in [0.717, 1.165) is 11.2 Å². The van der Waals surface area contributed by atoms with E-state index < -0.39 is 0 Å². The molecule has 0 atom stereocenters. The fourth-order valence-electron chi connectivity index (χ4n) is 2.90. The Labute approximate surface area is 153 Å². The van der Waals surface area contributed by atoms with Crippen LogP contribution in [0.25, 0.3) is 11.0 Å². The summed E-state index contributed by atoms with van der Waals surface area (Å²) < 4.78 is 1.97. The molecule has 25 heavy (non-hydrogen) atoms. The Morgan fingerprint density at radius 2 is 2.00 bits per heavy atom. The van der Waals surface area contributed by atoms with Crippen molar-refractivity contribution in [1.82, 2.24) is 9.55 Å². The van der Waals surface area contributed by atoms with Gasteiger partial charge in [-0.2, -0.15) is 0 Å². The number of aryl methyl sites for hydroxylation is 1. The van der Waals surface area contributed by atoms with Crippen molar-refractivity contribution in [3.63, 3.8) is 0 Å². The van der Waals surface area contributed by atoms with Gasteiger partial charge in [0.1, 0.15) is 0 Å². The quantitative estimate of drug-likeness (QED) is 0.738. The number of aromatic nitrogens is 2. The fraction of sp³-hybridized carbons (Fsp3) is 0.222. The van der Waals surface area contributed by atoms with E-state index in [9.17, 15) is 9.59 Å². The Bertz CT molecular complexity index is 1000. The molecule has 1 aliphatic rings. The van der Waals surface area contributed by atoms with E-state index in [0.29, 0.717) is 15.7 Å². The molecule has 1 amide bonds. The molecule has 0 saturated carbocycles. The Hall–Kier alpha value is -2.12. The second-order valence-electron chi connectivity index (χ2n) is 5.87. The van der Waals surface area contributed by atoms with Crippen molar-refractivity contribution >= 4 is 46.2 Å². The van der Waals surface area contributed by atoms with Gasteiger partial charge in [0.05, 0.1) is 15.6 Å². The highest BCUT2D eigenvalue weighted by molar-refractivity contribution is 8.19. The highest BCUT2D eigenvalue weighted by Crippen LogP contribution is 2.45. The number of carbonyl (C=O) groups excluding carboxylic acids is 1. The molecule has 0 radical (unpaired) electrons. The molecule has 0 aliphatic carbocycles. The summed E-state index contributed by atoms with van der Waals surface area (Å²) in [5.74, 6) is 2.15. The van der Waals surface area contributed by atoms with Crippen LogP contribution in [0.15, 0.2) is 47.3 Å². The summed E-state index contributed by atoms with van der Waals surface area (Å²) in [5.41, 5.74) is 3.79. The molecule has 2 aromatic carbocycles. The Balaban J connectivity index is 1.57. The first-order valence-electron chi connectivity index (χ1n) is 7.95. The summed E-state index contributed by atoms with van der Waals surface area (Å²) >= 11 is 3.88. The predicted octanol–water partition coefficient (Wildman–Crippen LogP) is 3.60. The third kappa shape index (κ3) is 3.21. The maximum atomic E-state index is 12.6. The Morgan fingerprint density at radius 1 is 1.20 bits per heavy atom. The summed E-state index contributed by atoms with van der Waals surface area (Å²) in [5, 5.41) is 2.95. The molecule has 128 valence electrons. The van der Waals surface area contributed by atoms with Crippen LogP contribution in [0, 0.1) is 0 Å². The SMILES string of the molecule is Cn1c(=O)[nH]c2cc(C(=O)Nc3cccc(C4SCCS4)c3)ccc21. The number of H-pyrrole nitrogens is 1. The summed E-state index contributed by atoms with van der Waals surface area (Å²) in [7, 11) is 1.70. The fourth-order valence-corrected chi connectivity index (χ4v) is 5.73. The summed E-state index contributed by atoms with van der Waals surface area (Å²) in [6, 6.07) is 13.2. The van der Waals surface area contributed by atoms with Crippen LogP contribution in [-0.2, 0) is 7.05 Å². The van der Waals surface area contributed by atoms with Gasteiger partial charge in [-0.05, 0) is 35.9 Å². The second kappa shape index (κ2) is 6.65. The predicted molar refractivity (Wildman–Crippen MR) is 106 cm³/mol. The Morgan fingerprint density at radius 3 is 2.80 bits per heavy atom. The van der Waals surface area contributed by atoms with Gasteiger partial charge in [-0.3, -0.25) is 9.36 Å².